The number of carboxylic acid groups (broad SMARTS) is 1. The number of ketones is 1. The summed E-state index contributed by atoms with van der Waals surface area (Å²) in [5, 5.41) is 9.15. The summed E-state index contributed by atoms with van der Waals surface area (Å²) in [5.41, 5.74) is 0. The molecule has 0 saturated heterocycles. The minimum atomic E-state index is -1.02. The van der Waals surface area contributed by atoms with Gasteiger partial charge in [0.05, 0.1) is 6.61 Å². The average Bonchev–Trinajstić information content (AvgIpc) is 2.49. The number of hydrogen-bond donors (Lipinski definition) is 2. The van der Waals surface area contributed by atoms with Crippen LogP contribution in [0, 0.1) is 5.92 Å². The summed E-state index contributed by atoms with van der Waals surface area (Å²) in [4.78, 5) is 31.6. The van der Waals surface area contributed by atoms with Crippen molar-refractivity contribution in [3.05, 3.63) is 0 Å². The molecule has 0 aromatic rings. The molecular weight excluding hydrogens is 286 g/mol. The predicted molar refractivity (Wildman–Crippen MR) is 83.8 cm³/mol. The lowest BCUT2D eigenvalue weighted by molar-refractivity contribution is -0.299. The third-order valence-corrected chi connectivity index (χ3v) is 3.75. The maximum atomic E-state index is 12.0. The molecule has 0 bridgehead atoms. The molecule has 0 saturated carbocycles. The number of carboxylic acids is 1. The number of nitrogens with two attached hydrogens (primary N) is 1. The Bertz CT molecular complexity index is 296. The number of aliphatic carboxylic acids is 1. The van der Waals surface area contributed by atoms with E-state index in [2.05, 4.69) is 16.8 Å². The molecule has 0 radical (unpaired) electrons. The Balaban J connectivity index is 3.78. The SMILES string of the molecule is CCCCCCCCCC(=O)C(CCCCOON)C(=O)O. The Kier molecular flexibility index (Phi) is 14.3. The summed E-state index contributed by atoms with van der Waals surface area (Å²) < 4.78 is 0. The van der Waals surface area contributed by atoms with Crippen LogP contribution in [0.15, 0.2) is 0 Å². The minimum absolute atomic E-state index is 0.156. The molecule has 0 fully saturated rings. The van der Waals surface area contributed by atoms with Crippen LogP contribution in [0.4, 0.5) is 0 Å². The minimum Gasteiger partial charge on any atom is -0.481 e. The molecule has 0 aromatic carbocycles. The average molecular weight is 317 g/mol. The first-order chi connectivity index (χ1) is 10.6. The zero-order valence-electron chi connectivity index (χ0n) is 13.7. The van der Waals surface area contributed by atoms with Crippen molar-refractivity contribution < 1.29 is 24.6 Å². The highest BCUT2D eigenvalue weighted by molar-refractivity contribution is 5.98. The molecule has 0 aliphatic rings. The largest absolute Gasteiger partial charge is 0.481 e. The van der Waals surface area contributed by atoms with Crippen LogP contribution < -0.4 is 5.90 Å². The van der Waals surface area contributed by atoms with Crippen LogP contribution in [-0.4, -0.2) is 23.5 Å². The molecule has 0 spiro atoms. The third kappa shape index (κ3) is 11.7. The first-order valence-corrected chi connectivity index (χ1v) is 8.37. The van der Waals surface area contributed by atoms with E-state index in [-0.39, 0.29) is 5.78 Å². The van der Waals surface area contributed by atoms with Crippen LogP contribution in [0.1, 0.15) is 77.6 Å². The quantitative estimate of drug-likeness (QED) is 0.196. The zero-order chi connectivity index (χ0) is 16.6. The molecule has 6 heteroatoms. The summed E-state index contributed by atoms with van der Waals surface area (Å²) in [7, 11) is 0. The highest BCUT2D eigenvalue weighted by Crippen LogP contribution is 2.15. The molecule has 1 atom stereocenters. The van der Waals surface area contributed by atoms with Crippen LogP contribution in [0.3, 0.4) is 0 Å². The predicted octanol–water partition coefficient (Wildman–Crippen LogP) is 3.39. The van der Waals surface area contributed by atoms with Crippen molar-refractivity contribution in [2.45, 2.75) is 77.6 Å². The molecule has 0 rings (SSSR count). The van der Waals surface area contributed by atoms with Crippen molar-refractivity contribution in [3.8, 4) is 0 Å². The normalized spacial score (nSPS) is 12.3. The van der Waals surface area contributed by atoms with Gasteiger partial charge < -0.3 is 5.11 Å². The summed E-state index contributed by atoms with van der Waals surface area (Å²) in [6.07, 6.45) is 9.79. The molecular formula is C16H31NO5. The number of rotatable bonds is 16. The molecule has 1 unspecified atom stereocenters. The van der Waals surface area contributed by atoms with E-state index >= 15 is 0 Å². The van der Waals surface area contributed by atoms with Gasteiger partial charge in [-0.25, -0.2) is 4.89 Å². The van der Waals surface area contributed by atoms with E-state index in [1.807, 2.05) is 0 Å². The van der Waals surface area contributed by atoms with Crippen molar-refractivity contribution >= 4 is 11.8 Å². The molecule has 0 aliphatic heterocycles. The van der Waals surface area contributed by atoms with Gasteiger partial charge in [0.2, 0.25) is 0 Å². The fraction of sp³-hybridized carbons (Fsp3) is 0.875. The number of Topliss-reactive ketones (excluding diaryl/α,β-unsaturated/α-hetero) is 1. The van der Waals surface area contributed by atoms with Gasteiger partial charge in [-0.3, -0.25) is 9.59 Å². The van der Waals surface area contributed by atoms with Gasteiger partial charge in [0, 0.05) is 6.42 Å². The van der Waals surface area contributed by atoms with Crippen LogP contribution in [0.5, 0.6) is 0 Å². The summed E-state index contributed by atoms with van der Waals surface area (Å²) >= 11 is 0. The fourth-order valence-corrected chi connectivity index (χ4v) is 2.41. The summed E-state index contributed by atoms with van der Waals surface area (Å²) in [6.45, 7) is 2.48. The van der Waals surface area contributed by atoms with E-state index in [0.29, 0.717) is 32.3 Å². The Labute approximate surface area is 133 Å². The first kappa shape index (κ1) is 21.0. The topological polar surface area (TPSA) is 98.9 Å². The number of hydrogen-bond acceptors (Lipinski definition) is 5. The maximum Gasteiger partial charge on any atom is 0.314 e. The monoisotopic (exact) mass is 317 g/mol. The fourth-order valence-electron chi connectivity index (χ4n) is 2.41. The van der Waals surface area contributed by atoms with Crippen molar-refractivity contribution in [1.29, 1.82) is 0 Å². The number of unbranched alkanes of at least 4 members (excludes halogenated alkanes) is 7. The Hall–Kier alpha value is -0.980. The van der Waals surface area contributed by atoms with E-state index in [0.717, 1.165) is 19.3 Å². The lowest BCUT2D eigenvalue weighted by Crippen LogP contribution is -2.23. The lowest BCUT2D eigenvalue weighted by atomic mass is 9.93. The van der Waals surface area contributed by atoms with Gasteiger partial charge in [-0.15, -0.1) is 4.99 Å². The van der Waals surface area contributed by atoms with Crippen molar-refractivity contribution in [3.63, 3.8) is 0 Å². The van der Waals surface area contributed by atoms with Gasteiger partial charge in [0.15, 0.2) is 0 Å². The van der Waals surface area contributed by atoms with E-state index in [1.54, 1.807) is 0 Å². The summed E-state index contributed by atoms with van der Waals surface area (Å²) in [6, 6.07) is 0. The molecule has 22 heavy (non-hydrogen) atoms. The first-order valence-electron chi connectivity index (χ1n) is 8.37. The van der Waals surface area contributed by atoms with Crippen LogP contribution in [-0.2, 0) is 19.5 Å². The molecule has 0 aliphatic carbocycles. The van der Waals surface area contributed by atoms with Crippen molar-refractivity contribution in [1.82, 2.24) is 0 Å². The second-order valence-corrected chi connectivity index (χ2v) is 5.64. The van der Waals surface area contributed by atoms with E-state index in [9.17, 15) is 9.59 Å². The molecule has 130 valence electrons. The van der Waals surface area contributed by atoms with Gasteiger partial charge >= 0.3 is 5.97 Å². The van der Waals surface area contributed by atoms with E-state index in [1.165, 1.54) is 25.7 Å². The van der Waals surface area contributed by atoms with E-state index < -0.39 is 11.9 Å². The second kappa shape index (κ2) is 14.9. The second-order valence-electron chi connectivity index (χ2n) is 5.64. The van der Waals surface area contributed by atoms with Crippen molar-refractivity contribution in [2.24, 2.45) is 11.8 Å². The molecule has 3 N–H and O–H groups in total. The highest BCUT2D eigenvalue weighted by Gasteiger charge is 2.24. The van der Waals surface area contributed by atoms with Crippen LogP contribution in [0.2, 0.25) is 0 Å². The molecule has 0 aromatic heterocycles. The Morgan fingerprint density at radius 3 is 2.23 bits per heavy atom. The van der Waals surface area contributed by atoms with Gasteiger partial charge in [0.1, 0.15) is 11.7 Å². The lowest BCUT2D eigenvalue weighted by Gasteiger charge is -2.11. The highest BCUT2D eigenvalue weighted by atomic mass is 17.3. The molecule has 0 heterocycles. The smallest absolute Gasteiger partial charge is 0.314 e. The molecule has 6 nitrogen and oxygen atoms in total. The number of carbonyl (C=O) groups excluding carboxylic acids is 1. The molecule has 0 amide bonds. The number of carbonyl (C=O) groups is 2. The van der Waals surface area contributed by atoms with Gasteiger partial charge in [-0.2, -0.15) is 5.90 Å². The van der Waals surface area contributed by atoms with Crippen LogP contribution in [0.25, 0.3) is 0 Å². The van der Waals surface area contributed by atoms with Crippen LogP contribution >= 0.6 is 0 Å². The standard InChI is InChI=1S/C16H31NO5/c1-2-3-4-5-6-7-8-12-15(18)14(16(19)20)11-9-10-13-21-22-17/h14H,2-13,17H2,1H3,(H,19,20). The van der Waals surface area contributed by atoms with E-state index in [4.69, 9.17) is 11.0 Å². The Morgan fingerprint density at radius 2 is 1.64 bits per heavy atom. The third-order valence-electron chi connectivity index (χ3n) is 3.75. The maximum absolute atomic E-state index is 12.0. The summed E-state index contributed by atoms with van der Waals surface area (Å²) in [5.74, 6) is 2.63. The van der Waals surface area contributed by atoms with Gasteiger partial charge in [-0.1, -0.05) is 45.4 Å². The van der Waals surface area contributed by atoms with Gasteiger partial charge in [0.25, 0.3) is 0 Å². The van der Waals surface area contributed by atoms with Crippen molar-refractivity contribution in [2.75, 3.05) is 6.61 Å². The van der Waals surface area contributed by atoms with Gasteiger partial charge in [-0.05, 0) is 25.7 Å². The zero-order valence-corrected chi connectivity index (χ0v) is 13.7. The Morgan fingerprint density at radius 1 is 1.00 bits per heavy atom.